The number of rotatable bonds is 5. The summed E-state index contributed by atoms with van der Waals surface area (Å²) < 4.78 is 11.6. The lowest BCUT2D eigenvalue weighted by Gasteiger charge is -2.05. The quantitative estimate of drug-likeness (QED) is 0.851. The number of aromatic nitrogens is 1. The number of nitrogens with zero attached hydrogens (tertiary/aromatic N) is 1. The van der Waals surface area contributed by atoms with E-state index in [0.29, 0.717) is 23.1 Å². The van der Waals surface area contributed by atoms with Gasteiger partial charge in [0.05, 0.1) is 11.4 Å². The first-order chi connectivity index (χ1) is 7.49. The largest absolute Gasteiger partial charge is 0.477 e. The Hall–Kier alpha value is -1.23. The van der Waals surface area contributed by atoms with Gasteiger partial charge >= 0.3 is 5.97 Å². The number of carboxylic acid groups (broad SMARTS) is 1. The molecule has 4 nitrogen and oxygen atoms in total. The van der Waals surface area contributed by atoms with Gasteiger partial charge in [0.15, 0.2) is 0 Å². The molecule has 1 heterocycles. The fourth-order valence-corrected chi connectivity index (χ4v) is 2.63. The highest BCUT2D eigenvalue weighted by Gasteiger charge is 2.08. The van der Waals surface area contributed by atoms with E-state index in [0.717, 1.165) is 0 Å². The van der Waals surface area contributed by atoms with E-state index >= 15 is 0 Å². The lowest BCUT2D eigenvalue weighted by molar-refractivity contribution is 0.0690. The molecule has 0 saturated heterocycles. The number of carboxylic acids is 1. The van der Waals surface area contributed by atoms with Crippen LogP contribution in [0, 0.1) is 5.92 Å². The van der Waals surface area contributed by atoms with Crippen LogP contribution in [0.1, 0.15) is 30.0 Å². The summed E-state index contributed by atoms with van der Waals surface area (Å²) in [7, 11) is -0.978. The van der Waals surface area contributed by atoms with Crippen molar-refractivity contribution < 1.29 is 14.1 Å². The van der Waals surface area contributed by atoms with E-state index in [9.17, 15) is 9.00 Å². The molecule has 0 aliphatic heterocycles. The van der Waals surface area contributed by atoms with Gasteiger partial charge in [0.25, 0.3) is 0 Å². The second kappa shape index (κ2) is 5.75. The SMILES string of the molecule is CC(C)CS(=O)Cc1cccc(C(=O)O)n1. The van der Waals surface area contributed by atoms with Crippen LogP contribution < -0.4 is 0 Å². The lowest BCUT2D eigenvalue weighted by Crippen LogP contribution is -2.09. The summed E-state index contributed by atoms with van der Waals surface area (Å²) in [4.78, 5) is 14.6. The van der Waals surface area contributed by atoms with Crippen molar-refractivity contribution in [1.29, 1.82) is 0 Å². The van der Waals surface area contributed by atoms with E-state index in [1.165, 1.54) is 6.07 Å². The summed E-state index contributed by atoms with van der Waals surface area (Å²) in [5.41, 5.74) is 0.568. The van der Waals surface area contributed by atoms with Gasteiger partial charge in [-0.3, -0.25) is 4.21 Å². The molecular formula is C11H15NO3S. The van der Waals surface area contributed by atoms with Crippen molar-refractivity contribution in [2.24, 2.45) is 5.92 Å². The van der Waals surface area contributed by atoms with Gasteiger partial charge < -0.3 is 5.11 Å². The molecule has 0 spiro atoms. The van der Waals surface area contributed by atoms with Crippen molar-refractivity contribution >= 4 is 16.8 Å². The van der Waals surface area contributed by atoms with Gasteiger partial charge in [-0.15, -0.1) is 0 Å². The molecule has 0 fully saturated rings. The Balaban J connectivity index is 2.70. The van der Waals surface area contributed by atoms with Crippen molar-refractivity contribution in [2.75, 3.05) is 5.75 Å². The maximum atomic E-state index is 11.6. The molecule has 0 amide bonds. The van der Waals surface area contributed by atoms with Crippen LogP contribution in [0.15, 0.2) is 18.2 Å². The van der Waals surface area contributed by atoms with Gasteiger partial charge in [0.2, 0.25) is 0 Å². The first-order valence-corrected chi connectivity index (χ1v) is 6.52. The molecule has 1 N–H and O–H groups in total. The minimum Gasteiger partial charge on any atom is -0.477 e. The average Bonchev–Trinajstić information content (AvgIpc) is 2.16. The molecule has 88 valence electrons. The fraction of sp³-hybridized carbons (Fsp3) is 0.455. The second-order valence-corrected chi connectivity index (χ2v) is 5.47. The molecule has 1 unspecified atom stereocenters. The molecule has 0 aliphatic carbocycles. The van der Waals surface area contributed by atoms with E-state index in [-0.39, 0.29) is 5.69 Å². The average molecular weight is 241 g/mol. The molecule has 1 rings (SSSR count). The zero-order valence-corrected chi connectivity index (χ0v) is 10.2. The highest BCUT2D eigenvalue weighted by molar-refractivity contribution is 7.84. The summed E-state index contributed by atoms with van der Waals surface area (Å²) in [6.45, 7) is 4.00. The molecule has 0 radical (unpaired) electrons. The van der Waals surface area contributed by atoms with Crippen LogP contribution in [0.4, 0.5) is 0 Å². The topological polar surface area (TPSA) is 67.3 Å². The van der Waals surface area contributed by atoms with Crippen molar-refractivity contribution in [2.45, 2.75) is 19.6 Å². The second-order valence-electron chi connectivity index (χ2n) is 3.96. The van der Waals surface area contributed by atoms with Crippen LogP contribution in [0.2, 0.25) is 0 Å². The summed E-state index contributed by atoms with van der Waals surface area (Å²) in [6, 6.07) is 4.75. The third-order valence-electron chi connectivity index (χ3n) is 1.85. The molecular weight excluding hydrogens is 226 g/mol. The zero-order chi connectivity index (χ0) is 12.1. The highest BCUT2D eigenvalue weighted by Crippen LogP contribution is 2.05. The molecule has 1 aromatic rings. The molecule has 1 atom stereocenters. The minimum absolute atomic E-state index is 0.000882. The van der Waals surface area contributed by atoms with Crippen LogP contribution in [0.5, 0.6) is 0 Å². The number of hydrogen-bond acceptors (Lipinski definition) is 3. The van der Waals surface area contributed by atoms with Gasteiger partial charge in [-0.05, 0) is 18.1 Å². The minimum atomic E-state index is -1.06. The van der Waals surface area contributed by atoms with Gasteiger partial charge in [-0.2, -0.15) is 0 Å². The summed E-state index contributed by atoms with van der Waals surface area (Å²) in [6.07, 6.45) is 0. The molecule has 16 heavy (non-hydrogen) atoms. The number of carbonyl (C=O) groups is 1. The predicted octanol–water partition coefficient (Wildman–Crippen LogP) is 1.68. The van der Waals surface area contributed by atoms with Gasteiger partial charge in [0.1, 0.15) is 5.69 Å². The predicted molar refractivity (Wildman–Crippen MR) is 62.7 cm³/mol. The fourth-order valence-electron chi connectivity index (χ4n) is 1.27. The maximum absolute atomic E-state index is 11.6. The van der Waals surface area contributed by atoms with Gasteiger partial charge in [0, 0.05) is 16.6 Å². The van der Waals surface area contributed by atoms with E-state index in [4.69, 9.17) is 5.11 Å². The smallest absolute Gasteiger partial charge is 0.354 e. The van der Waals surface area contributed by atoms with E-state index in [1.807, 2.05) is 13.8 Å². The first kappa shape index (κ1) is 12.8. The van der Waals surface area contributed by atoms with Gasteiger partial charge in [-0.1, -0.05) is 19.9 Å². The number of hydrogen-bond donors (Lipinski definition) is 1. The Kier molecular flexibility index (Phi) is 4.61. The third-order valence-corrected chi connectivity index (χ3v) is 3.51. The Morgan fingerprint density at radius 3 is 2.75 bits per heavy atom. The third kappa shape index (κ3) is 4.10. The van der Waals surface area contributed by atoms with E-state index in [2.05, 4.69) is 4.98 Å². The first-order valence-electron chi connectivity index (χ1n) is 5.03. The zero-order valence-electron chi connectivity index (χ0n) is 9.34. The van der Waals surface area contributed by atoms with Gasteiger partial charge in [-0.25, -0.2) is 9.78 Å². The molecule has 0 saturated carbocycles. The van der Waals surface area contributed by atoms with Crippen LogP contribution in [-0.2, 0) is 16.6 Å². The Bertz CT molecular complexity index is 404. The van der Waals surface area contributed by atoms with Crippen molar-refractivity contribution in [3.8, 4) is 0 Å². The summed E-state index contributed by atoms with van der Waals surface area (Å²) >= 11 is 0. The molecule has 5 heteroatoms. The summed E-state index contributed by atoms with van der Waals surface area (Å²) in [5, 5.41) is 8.75. The van der Waals surface area contributed by atoms with Crippen LogP contribution in [0.3, 0.4) is 0 Å². The van der Waals surface area contributed by atoms with E-state index in [1.54, 1.807) is 12.1 Å². The molecule has 1 aromatic heterocycles. The number of aromatic carboxylic acids is 1. The van der Waals surface area contributed by atoms with Crippen LogP contribution >= 0.6 is 0 Å². The number of pyridine rings is 1. The highest BCUT2D eigenvalue weighted by atomic mass is 32.2. The summed E-state index contributed by atoms with van der Waals surface area (Å²) in [5.74, 6) is 0.234. The Morgan fingerprint density at radius 1 is 1.50 bits per heavy atom. The standard InChI is InChI=1S/C11H15NO3S/c1-8(2)6-16(15)7-9-4-3-5-10(12-9)11(13)14/h3-5,8H,6-7H2,1-2H3,(H,13,14). The molecule has 0 aliphatic rings. The van der Waals surface area contributed by atoms with Crippen LogP contribution in [-0.4, -0.2) is 26.0 Å². The molecule has 0 bridgehead atoms. The maximum Gasteiger partial charge on any atom is 0.354 e. The lowest BCUT2D eigenvalue weighted by atomic mass is 10.3. The molecule has 0 aromatic carbocycles. The Labute approximate surface area is 97.2 Å². The van der Waals surface area contributed by atoms with Crippen molar-refractivity contribution in [3.63, 3.8) is 0 Å². The van der Waals surface area contributed by atoms with Crippen molar-refractivity contribution in [1.82, 2.24) is 4.98 Å². The normalized spacial score (nSPS) is 12.7. The van der Waals surface area contributed by atoms with Crippen LogP contribution in [0.25, 0.3) is 0 Å². The monoisotopic (exact) mass is 241 g/mol. The van der Waals surface area contributed by atoms with E-state index < -0.39 is 16.8 Å². The Morgan fingerprint density at radius 2 is 2.19 bits per heavy atom. The van der Waals surface area contributed by atoms with Crippen molar-refractivity contribution in [3.05, 3.63) is 29.6 Å².